The average molecular weight is 263 g/mol. The van der Waals surface area contributed by atoms with Crippen LogP contribution in [0.2, 0.25) is 0 Å². The van der Waals surface area contributed by atoms with E-state index < -0.39 is 11.6 Å². The quantitative estimate of drug-likeness (QED) is 0.894. The zero-order valence-corrected chi connectivity index (χ0v) is 10.1. The number of nitrogens with zero attached hydrogens (tertiary/aromatic N) is 1. The number of anilines is 3. The van der Waals surface area contributed by atoms with E-state index in [-0.39, 0.29) is 5.91 Å². The Morgan fingerprint density at radius 1 is 1.11 bits per heavy atom. The SMILES string of the molecule is CC(=O)Nc1ccc(Nc2ccc(F)c(F)c2)cn1. The molecule has 0 bridgehead atoms. The normalized spacial score (nSPS) is 10.1. The molecule has 1 amide bonds. The Balaban J connectivity index is 2.10. The minimum absolute atomic E-state index is 0.214. The minimum Gasteiger partial charge on any atom is -0.354 e. The third-order valence-electron chi connectivity index (χ3n) is 2.28. The Hall–Kier alpha value is -2.50. The molecule has 0 saturated heterocycles. The van der Waals surface area contributed by atoms with E-state index in [4.69, 9.17) is 0 Å². The molecule has 0 radical (unpaired) electrons. The number of hydrogen-bond acceptors (Lipinski definition) is 3. The number of benzene rings is 1. The van der Waals surface area contributed by atoms with E-state index in [1.54, 1.807) is 12.1 Å². The molecule has 0 spiro atoms. The second kappa shape index (κ2) is 5.43. The summed E-state index contributed by atoms with van der Waals surface area (Å²) in [6, 6.07) is 6.77. The molecule has 2 N–H and O–H groups in total. The maximum absolute atomic E-state index is 13.0. The van der Waals surface area contributed by atoms with Crippen LogP contribution in [-0.2, 0) is 4.79 Å². The van der Waals surface area contributed by atoms with Crippen LogP contribution in [0.5, 0.6) is 0 Å². The Bertz CT molecular complexity index is 599. The van der Waals surface area contributed by atoms with E-state index in [2.05, 4.69) is 15.6 Å². The first kappa shape index (κ1) is 12.9. The van der Waals surface area contributed by atoms with Crippen LogP contribution < -0.4 is 10.6 Å². The first-order chi connectivity index (χ1) is 9.04. The van der Waals surface area contributed by atoms with E-state index in [1.165, 1.54) is 19.2 Å². The van der Waals surface area contributed by atoms with Gasteiger partial charge in [0.1, 0.15) is 5.82 Å². The fourth-order valence-electron chi connectivity index (χ4n) is 1.46. The van der Waals surface area contributed by atoms with Gasteiger partial charge in [-0.1, -0.05) is 0 Å². The van der Waals surface area contributed by atoms with Gasteiger partial charge in [-0.15, -0.1) is 0 Å². The molecule has 4 nitrogen and oxygen atoms in total. The lowest BCUT2D eigenvalue weighted by atomic mass is 10.3. The fraction of sp³-hybridized carbons (Fsp3) is 0.0769. The zero-order valence-electron chi connectivity index (χ0n) is 10.1. The van der Waals surface area contributed by atoms with E-state index in [9.17, 15) is 13.6 Å². The summed E-state index contributed by atoms with van der Waals surface area (Å²) >= 11 is 0. The Kier molecular flexibility index (Phi) is 3.70. The van der Waals surface area contributed by atoms with Crippen LogP contribution in [0.15, 0.2) is 36.5 Å². The molecule has 1 heterocycles. The zero-order chi connectivity index (χ0) is 13.8. The molecule has 0 aliphatic heterocycles. The van der Waals surface area contributed by atoms with Crippen molar-refractivity contribution in [2.45, 2.75) is 6.92 Å². The molecule has 2 aromatic rings. The van der Waals surface area contributed by atoms with Crippen LogP contribution in [0.3, 0.4) is 0 Å². The maximum Gasteiger partial charge on any atom is 0.222 e. The molecule has 6 heteroatoms. The number of rotatable bonds is 3. The molecule has 0 fully saturated rings. The largest absolute Gasteiger partial charge is 0.354 e. The van der Waals surface area contributed by atoms with Crippen molar-refractivity contribution in [1.82, 2.24) is 4.98 Å². The van der Waals surface area contributed by atoms with Crippen LogP contribution in [0, 0.1) is 11.6 Å². The lowest BCUT2D eigenvalue weighted by Crippen LogP contribution is -2.07. The van der Waals surface area contributed by atoms with Crippen molar-refractivity contribution < 1.29 is 13.6 Å². The van der Waals surface area contributed by atoms with Crippen molar-refractivity contribution >= 4 is 23.1 Å². The minimum atomic E-state index is -0.923. The van der Waals surface area contributed by atoms with Crippen LogP contribution >= 0.6 is 0 Å². The third-order valence-corrected chi connectivity index (χ3v) is 2.28. The van der Waals surface area contributed by atoms with Gasteiger partial charge in [0.2, 0.25) is 5.91 Å². The van der Waals surface area contributed by atoms with E-state index in [0.29, 0.717) is 17.2 Å². The summed E-state index contributed by atoms with van der Waals surface area (Å²) in [6.45, 7) is 1.38. The highest BCUT2D eigenvalue weighted by Gasteiger charge is 2.03. The van der Waals surface area contributed by atoms with Crippen molar-refractivity contribution in [3.8, 4) is 0 Å². The Morgan fingerprint density at radius 2 is 1.84 bits per heavy atom. The van der Waals surface area contributed by atoms with Crippen LogP contribution in [0.1, 0.15) is 6.92 Å². The molecule has 19 heavy (non-hydrogen) atoms. The van der Waals surface area contributed by atoms with Crippen LogP contribution in [0.25, 0.3) is 0 Å². The average Bonchev–Trinajstić information content (AvgIpc) is 2.36. The molecule has 0 aliphatic carbocycles. The number of carbonyl (C=O) groups excluding carboxylic acids is 1. The van der Waals surface area contributed by atoms with Gasteiger partial charge in [0, 0.05) is 18.7 Å². The van der Waals surface area contributed by atoms with Gasteiger partial charge in [-0.2, -0.15) is 0 Å². The van der Waals surface area contributed by atoms with Crippen molar-refractivity contribution in [2.24, 2.45) is 0 Å². The Morgan fingerprint density at radius 3 is 2.42 bits per heavy atom. The number of pyridine rings is 1. The topological polar surface area (TPSA) is 54.0 Å². The van der Waals surface area contributed by atoms with Crippen LogP contribution in [-0.4, -0.2) is 10.9 Å². The molecule has 2 rings (SSSR count). The predicted molar refractivity (Wildman–Crippen MR) is 68.2 cm³/mol. The highest BCUT2D eigenvalue weighted by atomic mass is 19.2. The molecule has 98 valence electrons. The highest BCUT2D eigenvalue weighted by molar-refractivity contribution is 5.87. The summed E-state index contributed by atoms with van der Waals surface area (Å²) in [6.07, 6.45) is 1.48. The second-order valence-electron chi connectivity index (χ2n) is 3.87. The second-order valence-corrected chi connectivity index (χ2v) is 3.87. The molecule has 1 aromatic heterocycles. The van der Waals surface area contributed by atoms with Gasteiger partial charge in [0.05, 0.1) is 11.9 Å². The number of carbonyl (C=O) groups is 1. The maximum atomic E-state index is 13.0. The highest BCUT2D eigenvalue weighted by Crippen LogP contribution is 2.19. The molecule has 0 unspecified atom stereocenters. The summed E-state index contributed by atoms with van der Waals surface area (Å²) < 4.78 is 25.8. The van der Waals surface area contributed by atoms with Crippen LogP contribution in [0.4, 0.5) is 26.0 Å². The summed E-state index contributed by atoms with van der Waals surface area (Å²) in [5, 5.41) is 5.40. The summed E-state index contributed by atoms with van der Waals surface area (Å²) in [5.41, 5.74) is 1.01. The van der Waals surface area contributed by atoms with E-state index in [0.717, 1.165) is 12.1 Å². The van der Waals surface area contributed by atoms with E-state index in [1.807, 2.05) is 0 Å². The summed E-state index contributed by atoms with van der Waals surface area (Å²) in [5.74, 6) is -1.62. The van der Waals surface area contributed by atoms with Crippen molar-refractivity contribution in [1.29, 1.82) is 0 Å². The standard InChI is InChI=1S/C13H11F2N3O/c1-8(19)17-13-5-3-10(7-16-13)18-9-2-4-11(14)12(15)6-9/h2-7,18H,1H3,(H,16,17,19). The van der Waals surface area contributed by atoms with Gasteiger partial charge < -0.3 is 10.6 Å². The van der Waals surface area contributed by atoms with Crippen molar-refractivity contribution in [2.75, 3.05) is 10.6 Å². The van der Waals surface area contributed by atoms with Gasteiger partial charge in [0.25, 0.3) is 0 Å². The molecule has 0 atom stereocenters. The molecular weight excluding hydrogens is 252 g/mol. The molecule has 1 aromatic carbocycles. The lowest BCUT2D eigenvalue weighted by molar-refractivity contribution is -0.114. The first-order valence-corrected chi connectivity index (χ1v) is 5.50. The van der Waals surface area contributed by atoms with Gasteiger partial charge in [-0.05, 0) is 24.3 Å². The third kappa shape index (κ3) is 3.48. The Labute approximate surface area is 108 Å². The van der Waals surface area contributed by atoms with Crippen molar-refractivity contribution in [3.05, 3.63) is 48.2 Å². The van der Waals surface area contributed by atoms with Gasteiger partial charge >= 0.3 is 0 Å². The number of nitrogens with one attached hydrogen (secondary N) is 2. The number of halogens is 2. The van der Waals surface area contributed by atoms with Gasteiger partial charge in [-0.3, -0.25) is 4.79 Å². The fourth-order valence-corrected chi connectivity index (χ4v) is 1.46. The lowest BCUT2D eigenvalue weighted by Gasteiger charge is -2.07. The summed E-state index contributed by atoms with van der Waals surface area (Å²) in [4.78, 5) is 14.8. The smallest absolute Gasteiger partial charge is 0.222 e. The number of aromatic nitrogens is 1. The van der Waals surface area contributed by atoms with E-state index >= 15 is 0 Å². The monoisotopic (exact) mass is 263 g/mol. The molecule has 0 aliphatic rings. The van der Waals surface area contributed by atoms with Gasteiger partial charge in [0.15, 0.2) is 11.6 Å². The number of hydrogen-bond donors (Lipinski definition) is 2. The molecule has 0 saturated carbocycles. The van der Waals surface area contributed by atoms with Crippen molar-refractivity contribution in [3.63, 3.8) is 0 Å². The summed E-state index contributed by atoms with van der Waals surface area (Å²) in [7, 11) is 0. The van der Waals surface area contributed by atoms with Gasteiger partial charge in [-0.25, -0.2) is 13.8 Å². The number of amides is 1. The molecular formula is C13H11F2N3O. The predicted octanol–water partition coefficient (Wildman–Crippen LogP) is 3.06. The first-order valence-electron chi connectivity index (χ1n) is 5.50.